The molecule has 0 saturated carbocycles. The van der Waals surface area contributed by atoms with Crippen molar-refractivity contribution < 1.29 is 9.59 Å². The summed E-state index contributed by atoms with van der Waals surface area (Å²) in [6.45, 7) is 7.07. The first-order valence-electron chi connectivity index (χ1n) is 8.51. The van der Waals surface area contributed by atoms with Crippen molar-refractivity contribution in [2.75, 3.05) is 18.0 Å². The predicted octanol–water partition coefficient (Wildman–Crippen LogP) is 4.01. The first-order valence-corrected chi connectivity index (χ1v) is 9.39. The normalized spacial score (nSPS) is 14.8. The SMILES string of the molecule is CCN(C1=C(c2cccs2)C(=O)N(CC(C)C)C1=O)c1ccccc1. The zero-order valence-electron chi connectivity index (χ0n) is 14.7. The van der Waals surface area contributed by atoms with Crippen LogP contribution in [0.3, 0.4) is 0 Å². The molecule has 2 heterocycles. The van der Waals surface area contributed by atoms with Crippen molar-refractivity contribution in [1.82, 2.24) is 4.90 Å². The second-order valence-corrected chi connectivity index (χ2v) is 7.34. The van der Waals surface area contributed by atoms with Crippen molar-refractivity contribution in [3.05, 3.63) is 58.4 Å². The Morgan fingerprint density at radius 1 is 1.04 bits per heavy atom. The number of nitrogens with zero attached hydrogens (tertiary/aromatic N) is 2. The van der Waals surface area contributed by atoms with E-state index in [2.05, 4.69) is 0 Å². The Labute approximate surface area is 152 Å². The van der Waals surface area contributed by atoms with Crippen LogP contribution in [0.1, 0.15) is 25.6 Å². The van der Waals surface area contributed by atoms with Crippen molar-refractivity contribution in [1.29, 1.82) is 0 Å². The summed E-state index contributed by atoms with van der Waals surface area (Å²) in [5, 5.41) is 1.93. The number of rotatable bonds is 6. The molecule has 2 aromatic rings. The molecule has 0 saturated heterocycles. The molecule has 25 heavy (non-hydrogen) atoms. The van der Waals surface area contributed by atoms with Gasteiger partial charge in [-0.2, -0.15) is 0 Å². The van der Waals surface area contributed by atoms with Gasteiger partial charge in [-0.15, -0.1) is 11.3 Å². The quantitative estimate of drug-likeness (QED) is 0.736. The summed E-state index contributed by atoms with van der Waals surface area (Å²) in [5.41, 5.74) is 1.93. The van der Waals surface area contributed by atoms with Gasteiger partial charge in [0.2, 0.25) is 0 Å². The molecule has 1 aliphatic rings. The molecule has 2 amide bonds. The minimum atomic E-state index is -0.201. The zero-order valence-corrected chi connectivity index (χ0v) is 15.5. The van der Waals surface area contributed by atoms with Gasteiger partial charge in [0.05, 0.1) is 5.57 Å². The summed E-state index contributed by atoms with van der Waals surface area (Å²) in [6.07, 6.45) is 0. The molecule has 1 aromatic heterocycles. The third-order valence-corrected chi connectivity index (χ3v) is 5.00. The van der Waals surface area contributed by atoms with Gasteiger partial charge in [0.25, 0.3) is 11.8 Å². The summed E-state index contributed by atoms with van der Waals surface area (Å²) in [7, 11) is 0. The maximum atomic E-state index is 13.1. The van der Waals surface area contributed by atoms with E-state index in [1.165, 1.54) is 16.2 Å². The molecule has 0 fully saturated rings. The Morgan fingerprint density at radius 3 is 2.32 bits per heavy atom. The molecular formula is C20H22N2O2S. The van der Waals surface area contributed by atoms with Gasteiger partial charge in [-0.3, -0.25) is 14.5 Å². The van der Waals surface area contributed by atoms with Crippen LogP contribution in [-0.4, -0.2) is 29.8 Å². The third-order valence-electron chi connectivity index (χ3n) is 4.11. The van der Waals surface area contributed by atoms with Crippen LogP contribution in [0.2, 0.25) is 0 Å². The first-order chi connectivity index (χ1) is 12.0. The molecule has 0 aliphatic carbocycles. The van der Waals surface area contributed by atoms with E-state index in [0.717, 1.165) is 10.6 Å². The van der Waals surface area contributed by atoms with E-state index in [1.54, 1.807) is 0 Å². The number of benzene rings is 1. The molecular weight excluding hydrogens is 332 g/mol. The molecule has 0 atom stereocenters. The monoisotopic (exact) mass is 354 g/mol. The van der Waals surface area contributed by atoms with Crippen LogP contribution in [0.5, 0.6) is 0 Å². The molecule has 130 valence electrons. The summed E-state index contributed by atoms with van der Waals surface area (Å²) in [6, 6.07) is 13.6. The van der Waals surface area contributed by atoms with Crippen molar-refractivity contribution in [3.63, 3.8) is 0 Å². The van der Waals surface area contributed by atoms with Crippen molar-refractivity contribution in [3.8, 4) is 0 Å². The van der Waals surface area contributed by atoms with Crippen LogP contribution in [-0.2, 0) is 9.59 Å². The highest BCUT2D eigenvalue weighted by Gasteiger charge is 2.42. The Balaban J connectivity index is 2.13. The van der Waals surface area contributed by atoms with Gasteiger partial charge >= 0.3 is 0 Å². The van der Waals surface area contributed by atoms with Crippen LogP contribution in [0.15, 0.2) is 53.5 Å². The lowest BCUT2D eigenvalue weighted by molar-refractivity contribution is -0.137. The molecule has 4 nitrogen and oxygen atoms in total. The highest BCUT2D eigenvalue weighted by molar-refractivity contribution is 7.11. The van der Waals surface area contributed by atoms with E-state index in [1.807, 2.05) is 73.5 Å². The van der Waals surface area contributed by atoms with E-state index < -0.39 is 0 Å². The number of imide groups is 1. The fourth-order valence-electron chi connectivity index (χ4n) is 3.07. The lowest BCUT2D eigenvalue weighted by atomic mass is 10.1. The maximum absolute atomic E-state index is 13.1. The van der Waals surface area contributed by atoms with Crippen molar-refractivity contribution in [2.45, 2.75) is 20.8 Å². The van der Waals surface area contributed by atoms with Gasteiger partial charge < -0.3 is 4.90 Å². The molecule has 0 N–H and O–H groups in total. The predicted molar refractivity (Wildman–Crippen MR) is 102 cm³/mol. The fraction of sp³-hybridized carbons (Fsp3) is 0.300. The van der Waals surface area contributed by atoms with E-state index in [9.17, 15) is 9.59 Å². The van der Waals surface area contributed by atoms with Crippen molar-refractivity contribution in [2.24, 2.45) is 5.92 Å². The average molecular weight is 354 g/mol. The van der Waals surface area contributed by atoms with E-state index in [4.69, 9.17) is 0 Å². The Morgan fingerprint density at radius 2 is 1.76 bits per heavy atom. The summed E-state index contributed by atoms with van der Waals surface area (Å²) in [4.78, 5) is 30.4. The zero-order chi connectivity index (χ0) is 18.0. The van der Waals surface area contributed by atoms with Crippen LogP contribution in [0.4, 0.5) is 5.69 Å². The number of likely N-dealkylation sites (N-methyl/N-ethyl adjacent to an activating group) is 1. The second-order valence-electron chi connectivity index (χ2n) is 6.40. The smallest absolute Gasteiger partial charge is 0.278 e. The Hall–Kier alpha value is -2.40. The number of amides is 2. The van der Waals surface area contributed by atoms with Gasteiger partial charge in [-0.25, -0.2) is 0 Å². The molecule has 5 heteroatoms. The molecule has 1 aromatic carbocycles. The van der Waals surface area contributed by atoms with E-state index in [0.29, 0.717) is 24.4 Å². The maximum Gasteiger partial charge on any atom is 0.278 e. The molecule has 0 radical (unpaired) electrons. The van der Waals surface area contributed by atoms with Gasteiger partial charge in [-0.05, 0) is 36.4 Å². The lowest BCUT2D eigenvalue weighted by Crippen LogP contribution is -2.37. The third kappa shape index (κ3) is 3.24. The number of thiophene rings is 1. The molecule has 0 spiro atoms. The van der Waals surface area contributed by atoms with Gasteiger partial charge in [0, 0.05) is 23.7 Å². The second kappa shape index (κ2) is 7.23. The number of hydrogen-bond donors (Lipinski definition) is 0. The number of anilines is 1. The molecule has 1 aliphatic heterocycles. The average Bonchev–Trinajstić information content (AvgIpc) is 3.20. The highest BCUT2D eigenvalue weighted by atomic mass is 32.1. The molecule has 0 bridgehead atoms. The van der Waals surface area contributed by atoms with E-state index in [-0.39, 0.29) is 17.7 Å². The molecule has 0 unspecified atom stereocenters. The number of carbonyl (C=O) groups excluding carboxylic acids is 2. The van der Waals surface area contributed by atoms with Crippen LogP contribution in [0.25, 0.3) is 5.57 Å². The van der Waals surface area contributed by atoms with Gasteiger partial charge in [0.15, 0.2) is 0 Å². The summed E-state index contributed by atoms with van der Waals surface area (Å²) < 4.78 is 0. The number of carbonyl (C=O) groups is 2. The topological polar surface area (TPSA) is 40.6 Å². The van der Waals surface area contributed by atoms with Crippen LogP contribution >= 0.6 is 11.3 Å². The van der Waals surface area contributed by atoms with E-state index >= 15 is 0 Å². The minimum Gasteiger partial charge on any atom is -0.337 e. The van der Waals surface area contributed by atoms with Crippen LogP contribution in [0, 0.1) is 5.92 Å². The first kappa shape index (κ1) is 17.4. The molecule has 3 rings (SSSR count). The van der Waals surface area contributed by atoms with Crippen molar-refractivity contribution >= 4 is 34.4 Å². The van der Waals surface area contributed by atoms with Gasteiger partial charge in [0.1, 0.15) is 5.70 Å². The number of hydrogen-bond acceptors (Lipinski definition) is 4. The fourth-order valence-corrected chi connectivity index (χ4v) is 3.83. The minimum absolute atomic E-state index is 0.189. The number of para-hydroxylation sites is 1. The summed E-state index contributed by atoms with van der Waals surface area (Å²) in [5.74, 6) is -0.165. The lowest BCUT2D eigenvalue weighted by Gasteiger charge is -2.25. The Kier molecular flexibility index (Phi) is 5.04. The Bertz CT molecular complexity index is 794. The largest absolute Gasteiger partial charge is 0.337 e. The van der Waals surface area contributed by atoms with Crippen LogP contribution < -0.4 is 4.90 Å². The standard InChI is InChI=1S/C20H22N2O2S/c1-4-21(15-9-6-5-7-10-15)18-17(16-11-8-12-25-16)19(23)22(20(18)24)13-14(2)3/h5-12,14H,4,13H2,1-3H3. The highest BCUT2D eigenvalue weighted by Crippen LogP contribution is 2.36. The van der Waals surface area contributed by atoms with Gasteiger partial charge in [-0.1, -0.05) is 38.1 Å². The summed E-state index contributed by atoms with van der Waals surface area (Å²) >= 11 is 1.49.